The molecule has 3 N–H and O–H groups in total. The van der Waals surface area contributed by atoms with Crippen LogP contribution in [0.4, 0.5) is 0 Å². The normalized spacial score (nSPS) is 12.2. The second-order valence-electron chi connectivity index (χ2n) is 5.43. The van der Waals surface area contributed by atoms with Gasteiger partial charge in [-0.1, -0.05) is 26.0 Å². The van der Waals surface area contributed by atoms with Crippen LogP contribution in [-0.2, 0) is 16.1 Å². The lowest BCUT2D eigenvalue weighted by Gasteiger charge is -2.17. The zero-order valence-corrected chi connectivity index (χ0v) is 13.9. The lowest BCUT2D eigenvalue weighted by atomic mass is 10.0. The van der Waals surface area contributed by atoms with Crippen molar-refractivity contribution in [3.05, 3.63) is 41.6 Å². The van der Waals surface area contributed by atoms with Crippen LogP contribution < -0.4 is 15.4 Å². The van der Waals surface area contributed by atoms with Gasteiger partial charge in [0.15, 0.2) is 0 Å². The van der Waals surface area contributed by atoms with Crippen molar-refractivity contribution < 1.29 is 19.4 Å². The van der Waals surface area contributed by atoms with E-state index in [1.54, 1.807) is 39.2 Å². The van der Waals surface area contributed by atoms with E-state index in [1.165, 1.54) is 6.20 Å². The van der Waals surface area contributed by atoms with E-state index >= 15 is 0 Å². The molecule has 1 aromatic carbocycles. The van der Waals surface area contributed by atoms with Crippen molar-refractivity contribution in [1.29, 1.82) is 5.26 Å². The largest absolute Gasteiger partial charge is 0.497 e. The molecule has 1 rings (SSSR count). The van der Waals surface area contributed by atoms with Crippen molar-refractivity contribution >= 4 is 11.9 Å². The minimum Gasteiger partial charge on any atom is -0.497 e. The van der Waals surface area contributed by atoms with Gasteiger partial charge in [-0.15, -0.1) is 0 Å². The third-order valence-corrected chi connectivity index (χ3v) is 3.30. The molecule has 1 aromatic rings. The first-order valence-electron chi connectivity index (χ1n) is 7.39. The van der Waals surface area contributed by atoms with E-state index < -0.39 is 17.9 Å². The number of methoxy groups -OCH3 is 1. The summed E-state index contributed by atoms with van der Waals surface area (Å²) in [5.74, 6) is -1.42. The third kappa shape index (κ3) is 5.65. The second-order valence-corrected chi connectivity index (χ2v) is 5.43. The third-order valence-electron chi connectivity index (χ3n) is 3.30. The van der Waals surface area contributed by atoms with Crippen molar-refractivity contribution in [3.8, 4) is 11.8 Å². The molecule has 128 valence electrons. The Labute approximate surface area is 140 Å². The van der Waals surface area contributed by atoms with Gasteiger partial charge in [-0.05, 0) is 23.6 Å². The number of nitriles is 1. The van der Waals surface area contributed by atoms with E-state index in [2.05, 4.69) is 10.6 Å². The summed E-state index contributed by atoms with van der Waals surface area (Å²) in [5.41, 5.74) is 0.755. The van der Waals surface area contributed by atoms with E-state index in [9.17, 15) is 9.59 Å². The van der Waals surface area contributed by atoms with Crippen LogP contribution in [0.3, 0.4) is 0 Å². The van der Waals surface area contributed by atoms with Crippen LogP contribution in [0.1, 0.15) is 19.4 Å². The summed E-state index contributed by atoms with van der Waals surface area (Å²) in [6, 6.07) is 8.03. The Balaban J connectivity index is 2.67. The summed E-state index contributed by atoms with van der Waals surface area (Å²) in [6.45, 7) is 3.77. The number of hydrogen-bond donors (Lipinski definition) is 3. The summed E-state index contributed by atoms with van der Waals surface area (Å²) in [5, 5.41) is 23.4. The minimum absolute atomic E-state index is 0.185. The summed E-state index contributed by atoms with van der Waals surface area (Å²) >= 11 is 0. The van der Waals surface area contributed by atoms with Gasteiger partial charge in [-0.25, -0.2) is 4.79 Å². The standard InChI is InChI=1S/C17H21N3O4/c1-11(2)15(17(22)23)20-16(21)13(8-18)10-19-9-12-4-6-14(24-3)7-5-12/h4-7,10-11,15,19H,9H2,1-3H3,(H,20,21)(H,22,23)/b13-10-. The van der Waals surface area contributed by atoms with E-state index in [-0.39, 0.29) is 11.5 Å². The molecular weight excluding hydrogens is 310 g/mol. The molecule has 24 heavy (non-hydrogen) atoms. The van der Waals surface area contributed by atoms with Crippen LogP contribution in [0.25, 0.3) is 0 Å². The molecule has 0 aliphatic heterocycles. The molecule has 0 fully saturated rings. The number of hydrogen-bond acceptors (Lipinski definition) is 5. The molecule has 0 saturated carbocycles. The van der Waals surface area contributed by atoms with Crippen molar-refractivity contribution in [2.24, 2.45) is 5.92 Å². The zero-order valence-electron chi connectivity index (χ0n) is 13.9. The number of nitrogens with zero attached hydrogens (tertiary/aromatic N) is 1. The Kier molecular flexibility index (Phi) is 7.30. The number of ether oxygens (including phenoxy) is 1. The number of aliphatic carboxylic acids is 1. The van der Waals surface area contributed by atoms with Gasteiger partial charge in [-0.2, -0.15) is 5.26 Å². The molecule has 0 bridgehead atoms. The zero-order chi connectivity index (χ0) is 18.1. The predicted molar refractivity (Wildman–Crippen MR) is 87.9 cm³/mol. The molecule has 0 radical (unpaired) electrons. The number of rotatable bonds is 8. The van der Waals surface area contributed by atoms with Crippen LogP contribution in [0.2, 0.25) is 0 Å². The number of carbonyl (C=O) groups excluding carboxylic acids is 1. The number of carboxylic acids is 1. The second kappa shape index (κ2) is 9.20. The van der Waals surface area contributed by atoms with Gasteiger partial charge >= 0.3 is 5.97 Å². The number of nitrogens with one attached hydrogen (secondary N) is 2. The average Bonchev–Trinajstić information content (AvgIpc) is 2.56. The van der Waals surface area contributed by atoms with Crippen LogP contribution >= 0.6 is 0 Å². The first-order chi connectivity index (χ1) is 11.4. The van der Waals surface area contributed by atoms with Gasteiger partial charge in [0.1, 0.15) is 23.4 Å². The van der Waals surface area contributed by atoms with Crippen molar-refractivity contribution in [3.63, 3.8) is 0 Å². The Morgan fingerprint density at radius 3 is 2.42 bits per heavy atom. The molecule has 0 heterocycles. The Hall–Kier alpha value is -3.01. The van der Waals surface area contributed by atoms with E-state index in [4.69, 9.17) is 15.1 Å². The van der Waals surface area contributed by atoms with Gasteiger partial charge < -0.3 is 20.5 Å². The minimum atomic E-state index is -1.14. The molecule has 1 amide bonds. The van der Waals surface area contributed by atoms with Gasteiger partial charge in [0, 0.05) is 12.7 Å². The fourth-order valence-electron chi connectivity index (χ4n) is 1.90. The Bertz CT molecular complexity index is 645. The monoisotopic (exact) mass is 331 g/mol. The van der Waals surface area contributed by atoms with Crippen molar-refractivity contribution in [1.82, 2.24) is 10.6 Å². The van der Waals surface area contributed by atoms with Gasteiger partial charge in [-0.3, -0.25) is 4.79 Å². The van der Waals surface area contributed by atoms with Crippen LogP contribution in [0.15, 0.2) is 36.0 Å². The van der Waals surface area contributed by atoms with Crippen LogP contribution in [0.5, 0.6) is 5.75 Å². The number of carbonyl (C=O) groups is 2. The fraction of sp³-hybridized carbons (Fsp3) is 0.353. The Morgan fingerprint density at radius 2 is 1.96 bits per heavy atom. The molecule has 7 heteroatoms. The molecule has 7 nitrogen and oxygen atoms in total. The highest BCUT2D eigenvalue weighted by Gasteiger charge is 2.24. The maximum absolute atomic E-state index is 12.0. The van der Waals surface area contributed by atoms with E-state index in [1.807, 2.05) is 12.1 Å². The van der Waals surface area contributed by atoms with Crippen molar-refractivity contribution in [2.45, 2.75) is 26.4 Å². The average molecular weight is 331 g/mol. The molecule has 0 aliphatic rings. The van der Waals surface area contributed by atoms with E-state index in [0.29, 0.717) is 6.54 Å². The lowest BCUT2D eigenvalue weighted by molar-refractivity contribution is -0.142. The molecule has 1 atom stereocenters. The Morgan fingerprint density at radius 1 is 1.33 bits per heavy atom. The fourth-order valence-corrected chi connectivity index (χ4v) is 1.90. The first kappa shape index (κ1) is 19.0. The summed E-state index contributed by atoms with van der Waals surface area (Å²) in [7, 11) is 1.58. The summed E-state index contributed by atoms with van der Waals surface area (Å²) in [4.78, 5) is 23.1. The number of carboxylic acid groups (broad SMARTS) is 1. The van der Waals surface area contributed by atoms with Gasteiger partial charge in [0.2, 0.25) is 0 Å². The topological polar surface area (TPSA) is 111 Å². The lowest BCUT2D eigenvalue weighted by Crippen LogP contribution is -2.44. The van der Waals surface area contributed by atoms with Gasteiger partial charge in [0.05, 0.1) is 7.11 Å². The highest BCUT2D eigenvalue weighted by molar-refractivity contribution is 5.99. The maximum atomic E-state index is 12.0. The SMILES string of the molecule is COc1ccc(CN/C=C(/C#N)C(=O)NC(C(=O)O)C(C)C)cc1. The molecule has 1 unspecified atom stereocenters. The number of benzene rings is 1. The molecule has 0 saturated heterocycles. The molecule has 0 aliphatic carbocycles. The van der Waals surface area contributed by atoms with Crippen molar-refractivity contribution in [2.75, 3.05) is 7.11 Å². The van der Waals surface area contributed by atoms with E-state index in [0.717, 1.165) is 11.3 Å². The summed E-state index contributed by atoms with van der Waals surface area (Å²) < 4.78 is 5.06. The molecule has 0 aromatic heterocycles. The highest BCUT2D eigenvalue weighted by atomic mass is 16.5. The maximum Gasteiger partial charge on any atom is 0.326 e. The highest BCUT2D eigenvalue weighted by Crippen LogP contribution is 2.11. The summed E-state index contributed by atoms with van der Waals surface area (Å²) in [6.07, 6.45) is 1.28. The molecule has 0 spiro atoms. The molecular formula is C17H21N3O4. The first-order valence-corrected chi connectivity index (χ1v) is 7.39. The predicted octanol–water partition coefficient (Wildman–Crippen LogP) is 1.42. The number of amides is 1. The smallest absolute Gasteiger partial charge is 0.326 e. The van der Waals surface area contributed by atoms with Crippen LogP contribution in [-0.4, -0.2) is 30.1 Å². The van der Waals surface area contributed by atoms with Gasteiger partial charge in [0.25, 0.3) is 5.91 Å². The quantitative estimate of drug-likeness (QED) is 0.491. The van der Waals surface area contributed by atoms with Crippen LogP contribution in [0, 0.1) is 17.2 Å².